The van der Waals surface area contributed by atoms with Gasteiger partial charge in [0.05, 0.1) is 19.3 Å². The molecule has 1 aliphatic heterocycles. The van der Waals surface area contributed by atoms with Gasteiger partial charge in [-0.05, 0) is 33.9 Å². The summed E-state index contributed by atoms with van der Waals surface area (Å²) in [7, 11) is 0. The van der Waals surface area contributed by atoms with Crippen LogP contribution in [0.4, 0.5) is 4.79 Å². The normalized spacial score (nSPS) is 20.7. The highest BCUT2D eigenvalue weighted by atomic mass is 16.6. The van der Waals surface area contributed by atoms with Crippen molar-refractivity contribution in [2.75, 3.05) is 39.3 Å². The summed E-state index contributed by atoms with van der Waals surface area (Å²) in [5.41, 5.74) is -0.441. The largest absolute Gasteiger partial charge is 0.444 e. The lowest BCUT2D eigenvalue weighted by molar-refractivity contribution is -0.0515. The number of ether oxygens (including phenoxy) is 2. The molecule has 1 amide bonds. The molecule has 5 nitrogen and oxygen atoms in total. The second-order valence-corrected chi connectivity index (χ2v) is 5.91. The molecular weight excluding hydrogens is 244 g/mol. The average Bonchev–Trinajstić information content (AvgIpc) is 2.34. The topological polar surface area (TPSA) is 42.0 Å². The summed E-state index contributed by atoms with van der Waals surface area (Å²) in [6, 6.07) is 0. The lowest BCUT2D eigenvalue weighted by Gasteiger charge is -2.36. The van der Waals surface area contributed by atoms with Gasteiger partial charge in [-0.2, -0.15) is 0 Å². The zero-order valence-corrected chi connectivity index (χ0v) is 12.9. The Labute approximate surface area is 116 Å². The van der Waals surface area contributed by atoms with Crippen molar-refractivity contribution >= 4 is 6.09 Å². The summed E-state index contributed by atoms with van der Waals surface area (Å²) in [6.07, 6.45) is -0.151. The van der Waals surface area contributed by atoms with E-state index >= 15 is 0 Å². The summed E-state index contributed by atoms with van der Waals surface area (Å²) in [5.74, 6) is 0. The maximum atomic E-state index is 12.0. The molecular formula is C14H28N2O3. The summed E-state index contributed by atoms with van der Waals surface area (Å²) >= 11 is 0. The predicted octanol–water partition coefficient (Wildman–Crippen LogP) is 1.96. The molecule has 1 aliphatic rings. The standard InChI is InChI=1S/C14H28N2O3/c1-6-15(7-2)10-12-11-16(8-9-18-12)13(17)19-14(3,4)5/h12H,6-11H2,1-5H3. The fourth-order valence-corrected chi connectivity index (χ4v) is 2.09. The van der Waals surface area contributed by atoms with Crippen molar-refractivity contribution in [3.05, 3.63) is 0 Å². The fourth-order valence-electron chi connectivity index (χ4n) is 2.09. The van der Waals surface area contributed by atoms with Crippen LogP contribution in [0.2, 0.25) is 0 Å². The van der Waals surface area contributed by atoms with Crippen LogP contribution < -0.4 is 0 Å². The number of likely N-dealkylation sites (N-methyl/N-ethyl adjacent to an activating group) is 1. The van der Waals surface area contributed by atoms with Crippen molar-refractivity contribution in [1.82, 2.24) is 9.80 Å². The van der Waals surface area contributed by atoms with E-state index in [9.17, 15) is 4.79 Å². The Hall–Kier alpha value is -0.810. The van der Waals surface area contributed by atoms with Crippen LogP contribution in [0.25, 0.3) is 0 Å². The van der Waals surface area contributed by atoms with E-state index in [4.69, 9.17) is 9.47 Å². The highest BCUT2D eigenvalue weighted by Crippen LogP contribution is 2.13. The van der Waals surface area contributed by atoms with E-state index < -0.39 is 5.60 Å². The van der Waals surface area contributed by atoms with Crippen molar-refractivity contribution in [3.8, 4) is 0 Å². The Kier molecular flexibility index (Phi) is 6.07. The van der Waals surface area contributed by atoms with Crippen LogP contribution in [0.15, 0.2) is 0 Å². The highest BCUT2D eigenvalue weighted by Gasteiger charge is 2.28. The molecule has 19 heavy (non-hydrogen) atoms. The van der Waals surface area contributed by atoms with Crippen LogP contribution in [0.5, 0.6) is 0 Å². The maximum Gasteiger partial charge on any atom is 0.410 e. The molecule has 0 bridgehead atoms. The Bertz CT molecular complexity index is 285. The third-order valence-electron chi connectivity index (χ3n) is 3.15. The van der Waals surface area contributed by atoms with Gasteiger partial charge in [-0.1, -0.05) is 13.8 Å². The summed E-state index contributed by atoms with van der Waals surface area (Å²) < 4.78 is 11.1. The zero-order chi connectivity index (χ0) is 14.5. The van der Waals surface area contributed by atoms with Gasteiger partial charge in [0.1, 0.15) is 5.60 Å². The first-order valence-corrected chi connectivity index (χ1v) is 7.17. The van der Waals surface area contributed by atoms with E-state index in [0.29, 0.717) is 19.7 Å². The van der Waals surface area contributed by atoms with Crippen LogP contribution >= 0.6 is 0 Å². The second kappa shape index (κ2) is 7.10. The van der Waals surface area contributed by atoms with Crippen molar-refractivity contribution in [2.45, 2.75) is 46.3 Å². The van der Waals surface area contributed by atoms with E-state index in [-0.39, 0.29) is 12.2 Å². The lowest BCUT2D eigenvalue weighted by atomic mass is 10.2. The summed E-state index contributed by atoms with van der Waals surface area (Å²) in [5, 5.41) is 0. The number of rotatable bonds is 4. The number of carbonyl (C=O) groups excluding carboxylic acids is 1. The highest BCUT2D eigenvalue weighted by molar-refractivity contribution is 5.68. The summed E-state index contributed by atoms with van der Waals surface area (Å²) in [6.45, 7) is 14.6. The van der Waals surface area contributed by atoms with E-state index in [1.54, 1.807) is 4.90 Å². The number of hydrogen-bond donors (Lipinski definition) is 0. The monoisotopic (exact) mass is 272 g/mol. The lowest BCUT2D eigenvalue weighted by Crippen LogP contribution is -2.50. The third kappa shape index (κ3) is 5.78. The molecule has 0 saturated carbocycles. The molecule has 1 heterocycles. The number of morpholine rings is 1. The van der Waals surface area contributed by atoms with Gasteiger partial charge < -0.3 is 19.3 Å². The van der Waals surface area contributed by atoms with E-state index in [1.165, 1.54) is 0 Å². The Morgan fingerprint density at radius 1 is 1.37 bits per heavy atom. The molecule has 0 radical (unpaired) electrons. The molecule has 0 N–H and O–H groups in total. The van der Waals surface area contributed by atoms with Crippen LogP contribution in [0.1, 0.15) is 34.6 Å². The fraction of sp³-hybridized carbons (Fsp3) is 0.929. The molecule has 1 saturated heterocycles. The maximum absolute atomic E-state index is 12.0. The Morgan fingerprint density at radius 3 is 2.53 bits per heavy atom. The third-order valence-corrected chi connectivity index (χ3v) is 3.15. The first-order valence-electron chi connectivity index (χ1n) is 7.17. The van der Waals surface area contributed by atoms with E-state index in [0.717, 1.165) is 19.6 Å². The molecule has 1 atom stereocenters. The molecule has 5 heteroatoms. The minimum Gasteiger partial charge on any atom is -0.444 e. The molecule has 0 aliphatic carbocycles. The van der Waals surface area contributed by atoms with Gasteiger partial charge in [-0.15, -0.1) is 0 Å². The minimum atomic E-state index is -0.441. The van der Waals surface area contributed by atoms with Gasteiger partial charge in [0.25, 0.3) is 0 Å². The number of hydrogen-bond acceptors (Lipinski definition) is 4. The summed E-state index contributed by atoms with van der Waals surface area (Å²) in [4.78, 5) is 16.1. The first-order chi connectivity index (χ1) is 8.85. The van der Waals surface area contributed by atoms with Crippen molar-refractivity contribution in [1.29, 1.82) is 0 Å². The van der Waals surface area contributed by atoms with Crippen molar-refractivity contribution in [2.24, 2.45) is 0 Å². The number of carbonyl (C=O) groups is 1. The van der Waals surface area contributed by atoms with Gasteiger partial charge in [0.2, 0.25) is 0 Å². The molecule has 0 aromatic heterocycles. The van der Waals surface area contributed by atoms with Crippen LogP contribution in [0.3, 0.4) is 0 Å². The molecule has 1 rings (SSSR count). The Morgan fingerprint density at radius 2 is 2.00 bits per heavy atom. The number of nitrogens with zero attached hydrogens (tertiary/aromatic N) is 2. The van der Waals surface area contributed by atoms with Gasteiger partial charge in [0.15, 0.2) is 0 Å². The second-order valence-electron chi connectivity index (χ2n) is 5.91. The molecule has 0 aromatic carbocycles. The van der Waals surface area contributed by atoms with E-state index in [1.807, 2.05) is 20.8 Å². The quantitative estimate of drug-likeness (QED) is 0.784. The van der Waals surface area contributed by atoms with Crippen LogP contribution in [-0.4, -0.2) is 66.9 Å². The zero-order valence-electron chi connectivity index (χ0n) is 12.9. The van der Waals surface area contributed by atoms with E-state index in [2.05, 4.69) is 18.7 Å². The van der Waals surface area contributed by atoms with Gasteiger partial charge in [-0.3, -0.25) is 0 Å². The SMILES string of the molecule is CCN(CC)CC1CN(C(=O)OC(C)(C)C)CCO1. The van der Waals surface area contributed by atoms with Crippen LogP contribution in [-0.2, 0) is 9.47 Å². The van der Waals surface area contributed by atoms with Crippen molar-refractivity contribution in [3.63, 3.8) is 0 Å². The number of amides is 1. The van der Waals surface area contributed by atoms with Gasteiger partial charge >= 0.3 is 6.09 Å². The predicted molar refractivity (Wildman–Crippen MR) is 75.3 cm³/mol. The molecule has 0 spiro atoms. The smallest absolute Gasteiger partial charge is 0.410 e. The van der Waals surface area contributed by atoms with Gasteiger partial charge in [0, 0.05) is 13.1 Å². The molecule has 1 fully saturated rings. The molecule has 1 unspecified atom stereocenters. The average molecular weight is 272 g/mol. The first kappa shape index (κ1) is 16.2. The molecule has 0 aromatic rings. The van der Waals surface area contributed by atoms with Crippen molar-refractivity contribution < 1.29 is 14.3 Å². The van der Waals surface area contributed by atoms with Gasteiger partial charge in [-0.25, -0.2) is 4.79 Å². The molecule has 112 valence electrons. The Balaban J connectivity index is 2.47. The minimum absolute atomic E-state index is 0.0844. The van der Waals surface area contributed by atoms with Crippen LogP contribution in [0, 0.1) is 0 Å².